The third kappa shape index (κ3) is 1.28. The fourth-order valence-corrected chi connectivity index (χ4v) is 2.25. The van der Waals surface area contributed by atoms with E-state index in [0.29, 0.717) is 17.1 Å². The SMILES string of the molecule is O=C1CCc2cnn(-c3ccccc3Cl)c21. The van der Waals surface area contributed by atoms with Crippen LogP contribution in [0.15, 0.2) is 30.5 Å². The number of halogens is 1. The zero-order chi connectivity index (χ0) is 11.1. The van der Waals surface area contributed by atoms with Crippen LogP contribution in [0.3, 0.4) is 0 Å². The topological polar surface area (TPSA) is 34.9 Å². The van der Waals surface area contributed by atoms with Crippen LogP contribution >= 0.6 is 11.6 Å². The summed E-state index contributed by atoms with van der Waals surface area (Å²) in [7, 11) is 0. The van der Waals surface area contributed by atoms with E-state index in [1.807, 2.05) is 18.2 Å². The minimum Gasteiger partial charge on any atom is -0.292 e. The Hall–Kier alpha value is -1.61. The molecule has 16 heavy (non-hydrogen) atoms. The Kier molecular flexibility index (Phi) is 2.07. The number of benzene rings is 1. The van der Waals surface area contributed by atoms with Gasteiger partial charge in [0.15, 0.2) is 5.78 Å². The van der Waals surface area contributed by atoms with E-state index in [4.69, 9.17) is 11.6 Å². The number of para-hydroxylation sites is 1. The highest BCUT2D eigenvalue weighted by Gasteiger charge is 2.25. The number of carbonyl (C=O) groups is 1. The van der Waals surface area contributed by atoms with E-state index in [0.717, 1.165) is 17.7 Å². The molecule has 1 heterocycles. The Morgan fingerprint density at radius 1 is 1.25 bits per heavy atom. The molecular weight excluding hydrogens is 224 g/mol. The molecule has 0 aliphatic heterocycles. The Morgan fingerprint density at radius 2 is 2.06 bits per heavy atom. The van der Waals surface area contributed by atoms with E-state index in [1.165, 1.54) is 0 Å². The number of carbonyl (C=O) groups excluding carboxylic acids is 1. The number of ketones is 1. The van der Waals surface area contributed by atoms with Crippen LogP contribution in [0.4, 0.5) is 0 Å². The van der Waals surface area contributed by atoms with Crippen LogP contribution in [0.2, 0.25) is 5.02 Å². The number of nitrogens with zero attached hydrogens (tertiary/aromatic N) is 2. The summed E-state index contributed by atoms with van der Waals surface area (Å²) in [5.41, 5.74) is 2.47. The average Bonchev–Trinajstić information content (AvgIpc) is 2.83. The lowest BCUT2D eigenvalue weighted by Crippen LogP contribution is -2.06. The second-order valence-corrected chi connectivity index (χ2v) is 4.21. The Labute approximate surface area is 97.6 Å². The van der Waals surface area contributed by atoms with E-state index in [9.17, 15) is 4.79 Å². The van der Waals surface area contributed by atoms with Crippen molar-refractivity contribution in [3.8, 4) is 5.69 Å². The van der Waals surface area contributed by atoms with Gasteiger partial charge in [0.05, 0.1) is 16.9 Å². The summed E-state index contributed by atoms with van der Waals surface area (Å²) >= 11 is 6.09. The van der Waals surface area contributed by atoms with Gasteiger partial charge in [-0.25, -0.2) is 4.68 Å². The number of hydrogen-bond acceptors (Lipinski definition) is 2. The molecular formula is C12H9ClN2O. The fourth-order valence-electron chi connectivity index (χ4n) is 2.04. The van der Waals surface area contributed by atoms with Crippen molar-refractivity contribution in [1.29, 1.82) is 0 Å². The number of Topliss-reactive ketones (excluding diaryl/α,β-unsaturated/α-hetero) is 1. The third-order valence-electron chi connectivity index (χ3n) is 2.81. The fraction of sp³-hybridized carbons (Fsp3) is 0.167. The Morgan fingerprint density at radius 3 is 2.88 bits per heavy atom. The molecule has 3 rings (SSSR count). The minimum absolute atomic E-state index is 0.146. The molecule has 0 N–H and O–H groups in total. The Bertz CT molecular complexity index is 574. The lowest BCUT2D eigenvalue weighted by atomic mass is 10.2. The highest BCUT2D eigenvalue weighted by molar-refractivity contribution is 6.32. The van der Waals surface area contributed by atoms with Gasteiger partial charge in [-0.3, -0.25) is 4.79 Å². The monoisotopic (exact) mass is 232 g/mol. The number of aromatic nitrogens is 2. The summed E-state index contributed by atoms with van der Waals surface area (Å²) in [6.07, 6.45) is 3.12. The van der Waals surface area contributed by atoms with Crippen molar-refractivity contribution < 1.29 is 4.79 Å². The van der Waals surface area contributed by atoms with Gasteiger partial charge in [0.25, 0.3) is 0 Å². The highest BCUT2D eigenvalue weighted by atomic mass is 35.5. The van der Waals surface area contributed by atoms with Gasteiger partial charge in [0.1, 0.15) is 5.69 Å². The molecule has 80 valence electrons. The molecule has 3 nitrogen and oxygen atoms in total. The second kappa shape index (κ2) is 3.46. The number of hydrogen-bond donors (Lipinski definition) is 0. The van der Waals surface area contributed by atoms with Crippen LogP contribution in [-0.2, 0) is 6.42 Å². The van der Waals surface area contributed by atoms with E-state index < -0.39 is 0 Å². The molecule has 1 aliphatic carbocycles. The molecule has 0 spiro atoms. The summed E-state index contributed by atoms with van der Waals surface area (Å²) in [5.74, 6) is 0.146. The van der Waals surface area contributed by atoms with Gasteiger partial charge in [-0.1, -0.05) is 23.7 Å². The largest absolute Gasteiger partial charge is 0.292 e. The van der Waals surface area contributed by atoms with Crippen molar-refractivity contribution in [2.75, 3.05) is 0 Å². The first-order valence-corrected chi connectivity index (χ1v) is 5.50. The Balaban J connectivity index is 2.22. The first-order valence-electron chi connectivity index (χ1n) is 5.12. The molecule has 2 aromatic rings. The van der Waals surface area contributed by atoms with Crippen LogP contribution in [-0.4, -0.2) is 15.6 Å². The molecule has 0 atom stereocenters. The standard InChI is InChI=1S/C12H9ClN2O/c13-9-3-1-2-4-10(9)15-12-8(7-14-15)5-6-11(12)16/h1-4,7H,5-6H2. The van der Waals surface area contributed by atoms with Gasteiger partial charge in [0.2, 0.25) is 0 Å². The van der Waals surface area contributed by atoms with E-state index in [1.54, 1.807) is 16.9 Å². The maximum atomic E-state index is 11.7. The molecule has 0 bridgehead atoms. The molecule has 1 aliphatic rings. The summed E-state index contributed by atoms with van der Waals surface area (Å²) in [6.45, 7) is 0. The smallest absolute Gasteiger partial charge is 0.181 e. The molecule has 0 fully saturated rings. The predicted molar refractivity (Wildman–Crippen MR) is 61.2 cm³/mol. The number of fused-ring (bicyclic) bond motifs is 1. The maximum absolute atomic E-state index is 11.7. The van der Waals surface area contributed by atoms with Crippen LogP contribution < -0.4 is 0 Å². The molecule has 0 radical (unpaired) electrons. The van der Waals surface area contributed by atoms with Gasteiger partial charge in [-0.15, -0.1) is 0 Å². The predicted octanol–water partition coefficient (Wildman–Crippen LogP) is 2.65. The van der Waals surface area contributed by atoms with Crippen LogP contribution in [0.1, 0.15) is 22.5 Å². The van der Waals surface area contributed by atoms with Crippen LogP contribution in [0, 0.1) is 0 Å². The summed E-state index contributed by atoms with van der Waals surface area (Å²) in [6, 6.07) is 7.40. The lowest BCUT2D eigenvalue weighted by Gasteiger charge is -2.06. The number of rotatable bonds is 1. The zero-order valence-corrected chi connectivity index (χ0v) is 9.24. The third-order valence-corrected chi connectivity index (χ3v) is 3.13. The van der Waals surface area contributed by atoms with Gasteiger partial charge in [-0.05, 0) is 18.6 Å². The first-order chi connectivity index (χ1) is 7.77. The normalized spacial score (nSPS) is 14.2. The molecule has 1 aromatic heterocycles. The summed E-state index contributed by atoms with van der Waals surface area (Å²) in [5, 5.41) is 4.84. The van der Waals surface area contributed by atoms with E-state index in [2.05, 4.69) is 5.10 Å². The van der Waals surface area contributed by atoms with Crippen molar-refractivity contribution >= 4 is 17.4 Å². The summed E-state index contributed by atoms with van der Waals surface area (Å²) < 4.78 is 1.65. The molecule has 1 aromatic carbocycles. The van der Waals surface area contributed by atoms with Gasteiger partial charge >= 0.3 is 0 Å². The van der Waals surface area contributed by atoms with E-state index >= 15 is 0 Å². The van der Waals surface area contributed by atoms with Crippen molar-refractivity contribution in [3.63, 3.8) is 0 Å². The quantitative estimate of drug-likeness (QED) is 0.758. The molecule has 0 saturated heterocycles. The average molecular weight is 233 g/mol. The van der Waals surface area contributed by atoms with Gasteiger partial charge in [-0.2, -0.15) is 5.10 Å². The van der Waals surface area contributed by atoms with Crippen LogP contribution in [0.25, 0.3) is 5.69 Å². The van der Waals surface area contributed by atoms with E-state index in [-0.39, 0.29) is 5.78 Å². The number of aryl methyl sites for hydroxylation is 1. The molecule has 0 amide bonds. The second-order valence-electron chi connectivity index (χ2n) is 3.80. The molecule has 0 unspecified atom stereocenters. The van der Waals surface area contributed by atoms with Crippen molar-refractivity contribution in [2.24, 2.45) is 0 Å². The lowest BCUT2D eigenvalue weighted by molar-refractivity contribution is 0.0987. The molecule has 0 saturated carbocycles. The molecule has 4 heteroatoms. The van der Waals surface area contributed by atoms with Gasteiger partial charge < -0.3 is 0 Å². The van der Waals surface area contributed by atoms with Crippen molar-refractivity contribution in [1.82, 2.24) is 9.78 Å². The maximum Gasteiger partial charge on any atom is 0.181 e. The van der Waals surface area contributed by atoms with Crippen LogP contribution in [0.5, 0.6) is 0 Å². The summed E-state index contributed by atoms with van der Waals surface area (Å²) in [4.78, 5) is 11.7. The zero-order valence-electron chi connectivity index (χ0n) is 8.48. The highest BCUT2D eigenvalue weighted by Crippen LogP contribution is 2.27. The van der Waals surface area contributed by atoms with Crippen molar-refractivity contribution in [2.45, 2.75) is 12.8 Å². The first kappa shape index (κ1) is 9.60. The van der Waals surface area contributed by atoms with Crippen molar-refractivity contribution in [3.05, 3.63) is 46.7 Å². The minimum atomic E-state index is 0.146. The van der Waals surface area contributed by atoms with Gasteiger partial charge in [0, 0.05) is 12.0 Å².